The standard InChI is InChI=1S/C22H21ClN4O4/c1-2-5-14-10-22(29)31-17-12-18(16(23)11-15(14)17)30-13-21(28)24-8-7-20-26-25-19-6-3-4-9-27(19)20/h3-4,6,9-12H,2,5,7-8,13H2,1H3,(H,24,28). The summed E-state index contributed by atoms with van der Waals surface area (Å²) in [7, 11) is 0. The van der Waals surface area contributed by atoms with Gasteiger partial charge in [-0.3, -0.25) is 9.20 Å². The number of halogens is 1. The zero-order valence-corrected chi connectivity index (χ0v) is 17.7. The van der Waals surface area contributed by atoms with Crippen molar-refractivity contribution in [2.75, 3.05) is 13.2 Å². The average Bonchev–Trinajstić information content (AvgIpc) is 3.16. The smallest absolute Gasteiger partial charge is 0.336 e. The maximum Gasteiger partial charge on any atom is 0.336 e. The summed E-state index contributed by atoms with van der Waals surface area (Å²) in [6.45, 7) is 2.20. The predicted molar refractivity (Wildman–Crippen MR) is 117 cm³/mol. The van der Waals surface area contributed by atoms with Gasteiger partial charge in [0.05, 0.1) is 5.02 Å². The summed E-state index contributed by atoms with van der Waals surface area (Å²) < 4.78 is 12.7. The summed E-state index contributed by atoms with van der Waals surface area (Å²) in [5.41, 5.74) is 1.59. The van der Waals surface area contributed by atoms with Crippen LogP contribution in [0, 0.1) is 0 Å². The van der Waals surface area contributed by atoms with Crippen LogP contribution in [0.25, 0.3) is 16.6 Å². The Hall–Kier alpha value is -3.39. The number of pyridine rings is 1. The topological polar surface area (TPSA) is 98.7 Å². The largest absolute Gasteiger partial charge is 0.482 e. The lowest BCUT2D eigenvalue weighted by Gasteiger charge is -2.11. The molecule has 4 aromatic rings. The number of benzene rings is 1. The van der Waals surface area contributed by atoms with Gasteiger partial charge in [-0.05, 0) is 30.2 Å². The number of hydrogen-bond acceptors (Lipinski definition) is 6. The number of carbonyl (C=O) groups excluding carboxylic acids is 1. The van der Waals surface area contributed by atoms with Crippen molar-refractivity contribution in [2.24, 2.45) is 0 Å². The molecule has 0 saturated heterocycles. The van der Waals surface area contributed by atoms with E-state index in [2.05, 4.69) is 15.5 Å². The molecule has 0 aliphatic rings. The molecule has 0 unspecified atom stereocenters. The SMILES string of the molecule is CCCc1cc(=O)oc2cc(OCC(=O)NCCc3nnc4ccccn34)c(Cl)cc12. The molecular formula is C22H21ClN4O4. The van der Waals surface area contributed by atoms with Crippen LogP contribution >= 0.6 is 11.6 Å². The molecule has 9 heteroatoms. The van der Waals surface area contributed by atoms with E-state index >= 15 is 0 Å². The second-order valence-electron chi connectivity index (χ2n) is 7.05. The van der Waals surface area contributed by atoms with Crippen LogP contribution in [0.5, 0.6) is 5.75 Å². The monoisotopic (exact) mass is 440 g/mol. The lowest BCUT2D eigenvalue weighted by atomic mass is 10.1. The predicted octanol–water partition coefficient (Wildman–Crippen LogP) is 3.18. The van der Waals surface area contributed by atoms with E-state index in [0.29, 0.717) is 23.6 Å². The van der Waals surface area contributed by atoms with Crippen LogP contribution in [0.4, 0.5) is 0 Å². The van der Waals surface area contributed by atoms with Gasteiger partial charge in [0.1, 0.15) is 17.2 Å². The molecule has 1 aromatic carbocycles. The summed E-state index contributed by atoms with van der Waals surface area (Å²) in [6, 6.07) is 10.4. The zero-order chi connectivity index (χ0) is 21.8. The fourth-order valence-electron chi connectivity index (χ4n) is 3.38. The molecule has 0 aliphatic carbocycles. The van der Waals surface area contributed by atoms with Gasteiger partial charge in [-0.2, -0.15) is 0 Å². The number of nitrogens with one attached hydrogen (secondary N) is 1. The van der Waals surface area contributed by atoms with Gasteiger partial charge >= 0.3 is 5.63 Å². The molecule has 1 amide bonds. The molecule has 4 rings (SSSR count). The Morgan fingerprint density at radius 2 is 2.10 bits per heavy atom. The first-order chi connectivity index (χ1) is 15.0. The van der Waals surface area contributed by atoms with Crippen LogP contribution in [0.15, 0.2) is 51.8 Å². The molecule has 0 bridgehead atoms. The normalized spacial score (nSPS) is 11.2. The van der Waals surface area contributed by atoms with Gasteiger partial charge in [0.15, 0.2) is 12.3 Å². The molecule has 8 nitrogen and oxygen atoms in total. The number of amides is 1. The van der Waals surface area contributed by atoms with Crippen LogP contribution in [-0.2, 0) is 17.6 Å². The van der Waals surface area contributed by atoms with Crippen molar-refractivity contribution in [3.63, 3.8) is 0 Å². The Labute approximate surface area is 182 Å². The van der Waals surface area contributed by atoms with Crippen molar-refractivity contribution in [1.29, 1.82) is 0 Å². The molecule has 0 spiro atoms. The maximum atomic E-state index is 12.2. The Balaban J connectivity index is 1.37. The first kappa shape index (κ1) is 20.9. The minimum Gasteiger partial charge on any atom is -0.482 e. The van der Waals surface area contributed by atoms with E-state index in [1.165, 1.54) is 6.07 Å². The first-order valence-electron chi connectivity index (χ1n) is 9.99. The van der Waals surface area contributed by atoms with Crippen molar-refractivity contribution in [2.45, 2.75) is 26.2 Å². The van der Waals surface area contributed by atoms with Crippen molar-refractivity contribution < 1.29 is 13.9 Å². The summed E-state index contributed by atoms with van der Waals surface area (Å²) >= 11 is 6.33. The average molecular weight is 441 g/mol. The minimum absolute atomic E-state index is 0.218. The number of fused-ring (bicyclic) bond motifs is 2. The van der Waals surface area contributed by atoms with E-state index in [-0.39, 0.29) is 18.3 Å². The highest BCUT2D eigenvalue weighted by atomic mass is 35.5. The minimum atomic E-state index is -0.428. The number of hydrogen-bond donors (Lipinski definition) is 1. The highest BCUT2D eigenvalue weighted by Crippen LogP contribution is 2.31. The molecule has 31 heavy (non-hydrogen) atoms. The molecule has 0 radical (unpaired) electrons. The molecule has 1 N–H and O–H groups in total. The third-order valence-corrected chi connectivity index (χ3v) is 5.11. The zero-order valence-electron chi connectivity index (χ0n) is 16.9. The van der Waals surface area contributed by atoms with Crippen molar-refractivity contribution in [1.82, 2.24) is 19.9 Å². The third-order valence-electron chi connectivity index (χ3n) is 4.82. The van der Waals surface area contributed by atoms with Crippen LogP contribution in [-0.4, -0.2) is 33.7 Å². The lowest BCUT2D eigenvalue weighted by molar-refractivity contribution is -0.123. The van der Waals surface area contributed by atoms with Gasteiger partial charge in [0, 0.05) is 36.7 Å². The van der Waals surface area contributed by atoms with Crippen LogP contribution < -0.4 is 15.7 Å². The molecule has 3 heterocycles. The highest BCUT2D eigenvalue weighted by molar-refractivity contribution is 6.32. The molecule has 0 saturated carbocycles. The summed E-state index contributed by atoms with van der Waals surface area (Å²) in [4.78, 5) is 24.0. The summed E-state index contributed by atoms with van der Waals surface area (Å²) in [5.74, 6) is 0.739. The number of aryl methyl sites for hydroxylation is 1. The first-order valence-corrected chi connectivity index (χ1v) is 10.4. The lowest BCUT2D eigenvalue weighted by Crippen LogP contribution is -2.30. The molecule has 0 atom stereocenters. The van der Waals surface area contributed by atoms with Crippen molar-refractivity contribution in [3.8, 4) is 5.75 Å². The molecule has 3 aromatic heterocycles. The van der Waals surface area contributed by atoms with E-state index in [1.54, 1.807) is 12.1 Å². The van der Waals surface area contributed by atoms with E-state index in [1.807, 2.05) is 35.7 Å². The Kier molecular flexibility index (Phi) is 6.18. The fraction of sp³-hybridized carbons (Fsp3) is 0.273. The molecule has 160 valence electrons. The number of aromatic nitrogens is 3. The van der Waals surface area contributed by atoms with Gasteiger partial charge in [0.2, 0.25) is 0 Å². The van der Waals surface area contributed by atoms with Crippen LogP contribution in [0.1, 0.15) is 24.7 Å². The van der Waals surface area contributed by atoms with Crippen LogP contribution in [0.3, 0.4) is 0 Å². The summed E-state index contributed by atoms with van der Waals surface area (Å²) in [5, 5.41) is 12.1. The quantitative estimate of drug-likeness (QED) is 0.422. The fourth-order valence-corrected chi connectivity index (χ4v) is 3.60. The van der Waals surface area contributed by atoms with Gasteiger partial charge in [-0.1, -0.05) is 31.0 Å². The Morgan fingerprint density at radius 1 is 1.23 bits per heavy atom. The number of carbonyl (C=O) groups is 1. The Bertz CT molecular complexity index is 1300. The number of nitrogens with zero attached hydrogens (tertiary/aromatic N) is 3. The molecular weight excluding hydrogens is 420 g/mol. The van der Waals surface area contributed by atoms with Gasteiger partial charge in [0.25, 0.3) is 5.91 Å². The maximum absolute atomic E-state index is 12.2. The van der Waals surface area contributed by atoms with Crippen LogP contribution in [0.2, 0.25) is 5.02 Å². The van der Waals surface area contributed by atoms with E-state index < -0.39 is 5.63 Å². The second-order valence-corrected chi connectivity index (χ2v) is 7.46. The second kappa shape index (κ2) is 9.18. The van der Waals surface area contributed by atoms with Crippen molar-refractivity contribution >= 4 is 34.1 Å². The molecule has 0 aliphatic heterocycles. The number of ether oxygens (including phenoxy) is 1. The van der Waals surface area contributed by atoms with E-state index in [4.69, 9.17) is 20.8 Å². The Morgan fingerprint density at radius 3 is 2.94 bits per heavy atom. The third kappa shape index (κ3) is 4.69. The molecule has 0 fully saturated rings. The highest BCUT2D eigenvalue weighted by Gasteiger charge is 2.12. The van der Waals surface area contributed by atoms with Gasteiger partial charge in [-0.25, -0.2) is 4.79 Å². The van der Waals surface area contributed by atoms with E-state index in [9.17, 15) is 9.59 Å². The van der Waals surface area contributed by atoms with Gasteiger partial charge in [-0.15, -0.1) is 10.2 Å². The number of rotatable bonds is 8. The van der Waals surface area contributed by atoms with Gasteiger partial charge < -0.3 is 14.5 Å². The summed E-state index contributed by atoms with van der Waals surface area (Å²) in [6.07, 6.45) is 4.03. The van der Waals surface area contributed by atoms with E-state index in [0.717, 1.165) is 35.3 Å². The van der Waals surface area contributed by atoms with Crippen molar-refractivity contribution in [3.05, 3.63) is 69.4 Å².